The Hall–Kier alpha value is -6.47. The molecule has 1 heterocycles. The van der Waals surface area contributed by atoms with E-state index in [0.717, 1.165) is 33.9 Å². The molecule has 5 aromatic carbocycles. The third-order valence-corrected chi connectivity index (χ3v) is 9.11. The number of hydrogen-bond donors (Lipinski definition) is 2. The molecule has 5 aromatic rings. The lowest BCUT2D eigenvalue weighted by Gasteiger charge is -2.25. The normalized spacial score (nSPS) is 13.9. The van der Waals surface area contributed by atoms with Crippen LogP contribution in [0.2, 0.25) is 0 Å². The average Bonchev–Trinajstić information content (AvgIpc) is 3.68. The number of aryl methyl sites for hydroxylation is 1. The molecule has 0 aliphatic carbocycles. The molecule has 1 unspecified atom stereocenters. The third kappa shape index (κ3) is 10.7. The number of hydrogen-bond acceptors (Lipinski definition) is 8. The molecular formula is C45H43F3N4O6. The number of nitrogens with one attached hydrogen (secondary N) is 2. The lowest BCUT2D eigenvalue weighted by molar-refractivity contribution is -0.155. The van der Waals surface area contributed by atoms with Crippen molar-refractivity contribution >= 4 is 29.3 Å². The van der Waals surface area contributed by atoms with Gasteiger partial charge in [0.1, 0.15) is 17.9 Å². The van der Waals surface area contributed by atoms with Crippen LogP contribution in [0.4, 0.5) is 18.9 Å². The number of hydroxylamine groups is 1. The van der Waals surface area contributed by atoms with E-state index in [1.54, 1.807) is 20.8 Å². The summed E-state index contributed by atoms with van der Waals surface area (Å²) < 4.78 is 51.4. The first-order valence-electron chi connectivity index (χ1n) is 18.5. The van der Waals surface area contributed by atoms with Crippen molar-refractivity contribution in [3.63, 3.8) is 0 Å². The number of amidine groups is 1. The molecule has 0 bridgehead atoms. The van der Waals surface area contributed by atoms with E-state index < -0.39 is 47.8 Å². The summed E-state index contributed by atoms with van der Waals surface area (Å²) >= 11 is 0. The van der Waals surface area contributed by atoms with E-state index in [4.69, 9.17) is 19.3 Å². The van der Waals surface area contributed by atoms with Gasteiger partial charge in [-0.15, -0.1) is 0 Å². The van der Waals surface area contributed by atoms with Gasteiger partial charge in [-0.2, -0.15) is 13.2 Å². The fourth-order valence-electron chi connectivity index (χ4n) is 6.22. The van der Waals surface area contributed by atoms with E-state index in [0.29, 0.717) is 5.84 Å². The highest BCUT2D eigenvalue weighted by molar-refractivity contribution is 5.99. The Morgan fingerprint density at radius 1 is 0.828 bits per heavy atom. The summed E-state index contributed by atoms with van der Waals surface area (Å²) in [7, 11) is 1.26. The van der Waals surface area contributed by atoms with E-state index in [9.17, 15) is 27.6 Å². The molecule has 10 nitrogen and oxygen atoms in total. The molecule has 13 heteroatoms. The standard InChI is InChI=1S/C45H43F3N4O6/c1-28-6-10-30(11-7-28)31-14-16-33(17-15-31)42-50-41(51-58-42)32-12-8-29(9-13-32)26-52(27-40(54)57-44(2,3)4)43(55)34-18-21-36(22-19-34)49-39(53)24-35-20-23-37(56-5)25-38(35)45(46,47)48/h6-23,25,42H,24,26-27H2,1-5H3,(H,49,53)(H,50,51). The summed E-state index contributed by atoms with van der Waals surface area (Å²) in [6.07, 6.45) is -5.77. The van der Waals surface area contributed by atoms with E-state index in [-0.39, 0.29) is 35.7 Å². The number of benzene rings is 5. The number of ether oxygens (including phenoxy) is 2. The van der Waals surface area contributed by atoms with Crippen molar-refractivity contribution in [3.8, 4) is 16.9 Å². The Kier molecular flexibility index (Phi) is 12.3. The van der Waals surface area contributed by atoms with Crippen LogP contribution in [-0.2, 0) is 38.3 Å². The first-order chi connectivity index (χ1) is 27.5. The van der Waals surface area contributed by atoms with Crippen molar-refractivity contribution in [2.45, 2.75) is 58.7 Å². The van der Waals surface area contributed by atoms with Gasteiger partial charge in [0.05, 0.1) is 19.1 Å². The molecule has 2 N–H and O–H groups in total. The highest BCUT2D eigenvalue weighted by Crippen LogP contribution is 2.35. The van der Waals surface area contributed by atoms with Crippen molar-refractivity contribution < 1.29 is 41.9 Å². The molecule has 2 amide bonds. The Balaban J connectivity index is 1.12. The van der Waals surface area contributed by atoms with Crippen molar-refractivity contribution in [2.75, 3.05) is 19.0 Å². The van der Waals surface area contributed by atoms with E-state index >= 15 is 0 Å². The molecule has 0 saturated carbocycles. The van der Waals surface area contributed by atoms with Crippen molar-refractivity contribution in [1.29, 1.82) is 0 Å². The fourth-order valence-corrected chi connectivity index (χ4v) is 6.22. The van der Waals surface area contributed by atoms with Crippen LogP contribution in [0.1, 0.15) is 70.7 Å². The Morgan fingerprint density at radius 3 is 2.05 bits per heavy atom. The molecule has 0 aromatic heterocycles. The van der Waals surface area contributed by atoms with Gasteiger partial charge >= 0.3 is 12.1 Å². The van der Waals surface area contributed by atoms with Crippen LogP contribution >= 0.6 is 0 Å². The molecule has 1 aliphatic heterocycles. The molecule has 58 heavy (non-hydrogen) atoms. The second kappa shape index (κ2) is 17.3. The summed E-state index contributed by atoms with van der Waals surface area (Å²) in [4.78, 5) is 51.4. The monoisotopic (exact) mass is 792 g/mol. The van der Waals surface area contributed by atoms with Gasteiger partial charge in [0.2, 0.25) is 12.1 Å². The number of methoxy groups -OCH3 is 1. The predicted molar refractivity (Wildman–Crippen MR) is 214 cm³/mol. The Morgan fingerprint density at radius 2 is 1.45 bits per heavy atom. The summed E-state index contributed by atoms with van der Waals surface area (Å²) in [5.41, 5.74) is 7.20. The minimum Gasteiger partial charge on any atom is -0.497 e. The number of rotatable bonds is 12. The minimum absolute atomic E-state index is 0.0198. The molecule has 0 spiro atoms. The number of halogens is 3. The van der Waals surface area contributed by atoms with Crippen LogP contribution < -0.4 is 15.5 Å². The number of carbonyl (C=O) groups is 3. The lowest BCUT2D eigenvalue weighted by atomic mass is 10.0. The number of nitrogens with zero attached hydrogens (tertiary/aromatic N) is 2. The summed E-state index contributed by atoms with van der Waals surface area (Å²) in [5, 5.41) is 2.58. The second-order valence-electron chi connectivity index (χ2n) is 14.8. The lowest BCUT2D eigenvalue weighted by Crippen LogP contribution is -2.38. The van der Waals surface area contributed by atoms with Crippen LogP contribution in [-0.4, -0.2) is 47.8 Å². The highest BCUT2D eigenvalue weighted by Gasteiger charge is 2.34. The highest BCUT2D eigenvalue weighted by atomic mass is 19.4. The van der Waals surface area contributed by atoms with Gasteiger partial charge in [0.25, 0.3) is 5.91 Å². The van der Waals surface area contributed by atoms with Crippen molar-refractivity contribution in [3.05, 3.63) is 154 Å². The quantitative estimate of drug-likeness (QED) is 0.121. The summed E-state index contributed by atoms with van der Waals surface area (Å²) in [6, 6.07) is 32.9. The number of aliphatic imine (C=N–C) groups is 1. The van der Waals surface area contributed by atoms with Gasteiger partial charge in [-0.3, -0.25) is 14.4 Å². The minimum atomic E-state index is -4.68. The maximum absolute atomic E-state index is 13.8. The van der Waals surface area contributed by atoms with Gasteiger partial charge in [-0.05, 0) is 86.3 Å². The average molecular weight is 793 g/mol. The van der Waals surface area contributed by atoms with Crippen LogP contribution in [0.15, 0.2) is 120 Å². The van der Waals surface area contributed by atoms with Gasteiger partial charge < -0.3 is 19.7 Å². The number of anilines is 1. The van der Waals surface area contributed by atoms with E-state index in [1.807, 2.05) is 48.5 Å². The second-order valence-corrected chi connectivity index (χ2v) is 14.8. The molecule has 6 rings (SSSR count). The Bertz CT molecular complexity index is 2280. The molecule has 0 saturated heterocycles. The maximum Gasteiger partial charge on any atom is 0.416 e. The van der Waals surface area contributed by atoms with Gasteiger partial charge in [-0.25, -0.2) is 15.3 Å². The number of carbonyl (C=O) groups excluding carboxylic acids is 3. The van der Waals surface area contributed by atoms with Crippen LogP contribution in [0.5, 0.6) is 5.75 Å². The van der Waals surface area contributed by atoms with Crippen molar-refractivity contribution in [1.82, 2.24) is 10.4 Å². The van der Waals surface area contributed by atoms with Gasteiger partial charge in [0.15, 0.2) is 5.84 Å². The van der Waals surface area contributed by atoms with E-state index in [2.05, 4.69) is 42.0 Å². The van der Waals surface area contributed by atoms with E-state index in [1.165, 1.54) is 54.0 Å². The molecule has 0 fully saturated rings. The predicted octanol–water partition coefficient (Wildman–Crippen LogP) is 8.83. The first kappa shape index (κ1) is 41.2. The summed E-state index contributed by atoms with van der Waals surface area (Å²) in [6.45, 7) is 6.97. The SMILES string of the molecule is COc1ccc(CC(=O)Nc2ccc(C(=O)N(CC(=O)OC(C)(C)C)Cc3ccc(C4=NC(c5ccc(-c6ccc(C)cc6)cc5)ON4)cc3)cc2)c(C(F)(F)F)c1. The van der Waals surface area contributed by atoms with Gasteiger partial charge in [-0.1, -0.05) is 84.4 Å². The first-order valence-corrected chi connectivity index (χ1v) is 18.5. The molecule has 0 radical (unpaired) electrons. The number of alkyl halides is 3. The third-order valence-electron chi connectivity index (χ3n) is 9.11. The fraction of sp³-hybridized carbons (Fsp3) is 0.244. The van der Waals surface area contributed by atoms with Crippen LogP contribution in [0, 0.1) is 6.92 Å². The van der Waals surface area contributed by atoms with Crippen LogP contribution in [0.25, 0.3) is 11.1 Å². The topological polar surface area (TPSA) is 119 Å². The largest absolute Gasteiger partial charge is 0.497 e. The zero-order chi connectivity index (χ0) is 41.6. The zero-order valence-electron chi connectivity index (χ0n) is 32.6. The maximum atomic E-state index is 13.8. The molecular weight excluding hydrogens is 750 g/mol. The smallest absolute Gasteiger partial charge is 0.416 e. The molecule has 300 valence electrons. The summed E-state index contributed by atoms with van der Waals surface area (Å²) in [5.74, 6) is -1.20. The van der Waals surface area contributed by atoms with Gasteiger partial charge in [0, 0.05) is 28.9 Å². The number of amides is 2. The van der Waals surface area contributed by atoms with Crippen molar-refractivity contribution in [2.24, 2.45) is 4.99 Å². The zero-order valence-corrected chi connectivity index (χ0v) is 32.6. The molecule has 1 aliphatic rings. The number of esters is 1. The van der Waals surface area contributed by atoms with Crippen LogP contribution in [0.3, 0.4) is 0 Å². The molecule has 1 atom stereocenters. The Labute approximate surface area is 334 Å².